The van der Waals surface area contributed by atoms with E-state index in [4.69, 9.17) is 13.6 Å². The van der Waals surface area contributed by atoms with E-state index in [9.17, 15) is 4.57 Å². The summed E-state index contributed by atoms with van der Waals surface area (Å²) in [6, 6.07) is 0. The molecular formula is C8H17O4P. The third-order valence-electron chi connectivity index (χ3n) is 1.50. The Hall–Kier alpha value is 0.110. The molecule has 1 unspecified atom stereocenters. The first-order chi connectivity index (χ1) is 5.83. The van der Waals surface area contributed by atoms with Gasteiger partial charge in [0.15, 0.2) is 0 Å². The average molecular weight is 208 g/mol. The van der Waals surface area contributed by atoms with Crippen LogP contribution < -0.4 is 0 Å². The zero-order chi connectivity index (χ0) is 10.1. The van der Waals surface area contributed by atoms with Gasteiger partial charge in [-0.1, -0.05) is 13.8 Å². The Kier molecular flexibility index (Phi) is 3.18. The summed E-state index contributed by atoms with van der Waals surface area (Å²) < 4.78 is 27.0. The lowest BCUT2D eigenvalue weighted by Gasteiger charge is -2.15. The van der Waals surface area contributed by atoms with E-state index in [1.165, 1.54) is 0 Å². The highest BCUT2D eigenvalue weighted by atomic mass is 31.2. The third-order valence-corrected chi connectivity index (χ3v) is 3.12. The van der Waals surface area contributed by atoms with Crippen LogP contribution in [-0.2, 0) is 18.1 Å². The van der Waals surface area contributed by atoms with Crippen LogP contribution in [0.25, 0.3) is 0 Å². The highest BCUT2D eigenvalue weighted by molar-refractivity contribution is 7.48. The van der Waals surface area contributed by atoms with Crippen LogP contribution in [0.4, 0.5) is 0 Å². The molecule has 1 heterocycles. The lowest BCUT2D eigenvalue weighted by Crippen LogP contribution is -2.20. The van der Waals surface area contributed by atoms with E-state index in [1.807, 2.05) is 27.7 Å². The summed E-state index contributed by atoms with van der Waals surface area (Å²) in [5.74, 6) is 0.321. The smallest absolute Gasteiger partial charge is 0.287 e. The van der Waals surface area contributed by atoms with E-state index >= 15 is 0 Å². The predicted molar refractivity (Wildman–Crippen MR) is 49.5 cm³/mol. The lowest BCUT2D eigenvalue weighted by molar-refractivity contribution is 0.112. The van der Waals surface area contributed by atoms with Crippen LogP contribution in [0, 0.1) is 5.92 Å². The molecule has 1 aliphatic heterocycles. The highest BCUT2D eigenvalue weighted by Crippen LogP contribution is 2.58. The van der Waals surface area contributed by atoms with E-state index in [0.29, 0.717) is 19.1 Å². The number of hydrogen-bond donors (Lipinski definition) is 0. The molecule has 5 heteroatoms. The molecule has 0 aliphatic carbocycles. The van der Waals surface area contributed by atoms with Gasteiger partial charge in [-0.3, -0.25) is 13.6 Å². The molecule has 0 amide bonds. The molecule has 13 heavy (non-hydrogen) atoms. The highest BCUT2D eigenvalue weighted by Gasteiger charge is 2.43. The molecule has 1 atom stereocenters. The first kappa shape index (κ1) is 11.2. The topological polar surface area (TPSA) is 44.8 Å². The zero-order valence-corrected chi connectivity index (χ0v) is 9.47. The quantitative estimate of drug-likeness (QED) is 0.668. The Labute approximate surface area is 79.2 Å². The van der Waals surface area contributed by atoms with Crippen LogP contribution in [-0.4, -0.2) is 18.8 Å². The molecule has 0 bridgehead atoms. The summed E-state index contributed by atoms with van der Waals surface area (Å²) in [7, 11) is -3.25. The van der Waals surface area contributed by atoms with Gasteiger partial charge in [0, 0.05) is 0 Å². The fourth-order valence-corrected chi connectivity index (χ4v) is 2.68. The van der Waals surface area contributed by atoms with Crippen LogP contribution >= 0.6 is 7.82 Å². The van der Waals surface area contributed by atoms with Gasteiger partial charge in [-0.05, 0) is 19.8 Å². The first-order valence-electron chi connectivity index (χ1n) is 4.43. The van der Waals surface area contributed by atoms with E-state index in [0.717, 1.165) is 0 Å². The molecule has 0 aromatic rings. The molecule has 0 N–H and O–H groups in total. The maximum absolute atomic E-state index is 11.7. The number of rotatable bonds is 3. The van der Waals surface area contributed by atoms with Crippen molar-refractivity contribution < 1.29 is 18.1 Å². The van der Waals surface area contributed by atoms with E-state index in [2.05, 4.69) is 0 Å². The summed E-state index contributed by atoms with van der Waals surface area (Å²) in [4.78, 5) is 0. The summed E-state index contributed by atoms with van der Waals surface area (Å²) >= 11 is 0. The molecule has 78 valence electrons. The second-order valence-corrected chi connectivity index (χ2v) is 5.85. The molecule has 0 radical (unpaired) electrons. The molecule has 1 rings (SSSR count). The standard InChI is InChI=1S/C8H17O4P/c1-7(2)5-10-13(9)11-6-8(3,4)12-13/h7H,5-6H2,1-4H3. The second-order valence-electron chi connectivity index (χ2n) is 4.26. The van der Waals surface area contributed by atoms with Crippen molar-refractivity contribution >= 4 is 7.82 Å². The largest absolute Gasteiger partial charge is 0.475 e. The number of phosphoric ester groups is 1. The molecule has 0 saturated carbocycles. The van der Waals surface area contributed by atoms with Gasteiger partial charge >= 0.3 is 7.82 Å². The van der Waals surface area contributed by atoms with Crippen molar-refractivity contribution in [1.29, 1.82) is 0 Å². The van der Waals surface area contributed by atoms with Crippen LogP contribution in [0.3, 0.4) is 0 Å². The van der Waals surface area contributed by atoms with E-state index in [-0.39, 0.29) is 0 Å². The van der Waals surface area contributed by atoms with Gasteiger partial charge in [0.05, 0.1) is 18.8 Å². The average Bonchev–Trinajstić information content (AvgIpc) is 2.23. The van der Waals surface area contributed by atoms with Gasteiger partial charge in [0.2, 0.25) is 0 Å². The van der Waals surface area contributed by atoms with Crippen molar-refractivity contribution in [3.8, 4) is 0 Å². The molecule has 1 aliphatic rings. The monoisotopic (exact) mass is 208 g/mol. The SMILES string of the molecule is CC(C)COP1(=O)OCC(C)(C)O1. The van der Waals surface area contributed by atoms with Crippen LogP contribution in [0.15, 0.2) is 0 Å². The molecule has 1 saturated heterocycles. The predicted octanol–water partition coefficient (Wildman–Crippen LogP) is 2.59. The fraction of sp³-hybridized carbons (Fsp3) is 1.00. The molecular weight excluding hydrogens is 191 g/mol. The molecule has 1 fully saturated rings. The normalized spacial score (nSPS) is 32.7. The maximum Gasteiger partial charge on any atom is 0.475 e. The van der Waals surface area contributed by atoms with Gasteiger partial charge in [0.25, 0.3) is 0 Å². The third kappa shape index (κ3) is 3.39. The summed E-state index contributed by atoms with van der Waals surface area (Å²) in [5.41, 5.74) is -0.494. The zero-order valence-electron chi connectivity index (χ0n) is 8.57. The van der Waals surface area contributed by atoms with Crippen molar-refractivity contribution in [3.63, 3.8) is 0 Å². The number of phosphoric acid groups is 1. The lowest BCUT2D eigenvalue weighted by atomic mass is 10.2. The van der Waals surface area contributed by atoms with Crippen molar-refractivity contribution in [2.45, 2.75) is 33.3 Å². The van der Waals surface area contributed by atoms with Crippen LogP contribution in [0.5, 0.6) is 0 Å². The Bertz CT molecular complexity index is 224. The molecule has 0 aromatic carbocycles. The van der Waals surface area contributed by atoms with Gasteiger partial charge < -0.3 is 0 Å². The first-order valence-corrected chi connectivity index (χ1v) is 5.89. The van der Waals surface area contributed by atoms with Crippen LogP contribution in [0.2, 0.25) is 0 Å². The van der Waals surface area contributed by atoms with E-state index < -0.39 is 13.4 Å². The Morgan fingerprint density at radius 3 is 2.54 bits per heavy atom. The molecule has 0 aromatic heterocycles. The van der Waals surface area contributed by atoms with Crippen LogP contribution in [0.1, 0.15) is 27.7 Å². The minimum atomic E-state index is -3.25. The summed E-state index contributed by atoms with van der Waals surface area (Å²) in [6.07, 6.45) is 0. The van der Waals surface area contributed by atoms with Crippen molar-refractivity contribution in [3.05, 3.63) is 0 Å². The van der Waals surface area contributed by atoms with Crippen molar-refractivity contribution in [2.75, 3.05) is 13.2 Å². The Morgan fingerprint density at radius 2 is 2.15 bits per heavy atom. The minimum Gasteiger partial charge on any atom is -0.287 e. The van der Waals surface area contributed by atoms with Gasteiger partial charge in [0.1, 0.15) is 0 Å². The Balaban J connectivity index is 2.46. The van der Waals surface area contributed by atoms with Crippen molar-refractivity contribution in [1.82, 2.24) is 0 Å². The number of hydrogen-bond acceptors (Lipinski definition) is 4. The van der Waals surface area contributed by atoms with Crippen molar-refractivity contribution in [2.24, 2.45) is 5.92 Å². The maximum atomic E-state index is 11.7. The molecule has 0 spiro atoms. The van der Waals surface area contributed by atoms with Gasteiger partial charge in [-0.2, -0.15) is 0 Å². The second kappa shape index (κ2) is 3.70. The summed E-state index contributed by atoms with van der Waals surface area (Å²) in [6.45, 7) is 8.33. The minimum absolute atomic E-state index is 0.321. The van der Waals surface area contributed by atoms with Gasteiger partial charge in [-0.25, -0.2) is 4.57 Å². The van der Waals surface area contributed by atoms with Gasteiger partial charge in [-0.15, -0.1) is 0 Å². The Morgan fingerprint density at radius 1 is 1.54 bits per heavy atom. The summed E-state index contributed by atoms with van der Waals surface area (Å²) in [5, 5.41) is 0. The molecule has 4 nitrogen and oxygen atoms in total. The fourth-order valence-electron chi connectivity index (χ4n) is 0.894. The van der Waals surface area contributed by atoms with E-state index in [1.54, 1.807) is 0 Å².